The molecule has 1 rings (SSSR count). The molecule has 0 saturated heterocycles. The van der Waals surface area contributed by atoms with Crippen LogP contribution in [0, 0.1) is 0 Å². The highest BCUT2D eigenvalue weighted by Gasteiger charge is 1.77. The molecule has 0 bridgehead atoms. The van der Waals surface area contributed by atoms with Gasteiger partial charge in [-0.25, -0.2) is 0 Å². The summed E-state index contributed by atoms with van der Waals surface area (Å²) >= 11 is 0. The van der Waals surface area contributed by atoms with Gasteiger partial charge in [0.1, 0.15) is 6.26 Å². The molecule has 3 heteroatoms. The van der Waals surface area contributed by atoms with Gasteiger partial charge in [-0.2, -0.15) is 4.99 Å². The quantitative estimate of drug-likeness (QED) is 0.427. The largest absolute Gasteiger partial charge is 0.275 e. The molecule has 1 heterocycles. The zero-order valence-corrected chi connectivity index (χ0v) is 3.00. The van der Waals surface area contributed by atoms with Crippen molar-refractivity contribution in [2.75, 3.05) is 0 Å². The van der Waals surface area contributed by atoms with Gasteiger partial charge < -0.3 is 0 Å². The van der Waals surface area contributed by atoms with Crippen molar-refractivity contribution in [1.29, 1.82) is 0 Å². The Morgan fingerprint density at radius 3 is 2.43 bits per heavy atom. The molecule has 0 amide bonds. The number of hydrogen-bond acceptors (Lipinski definition) is 3. The van der Waals surface area contributed by atoms with E-state index in [4.69, 9.17) is 0 Å². The Labute approximate surface area is 42.2 Å². The van der Waals surface area contributed by atoms with Gasteiger partial charge in [-0.1, -0.05) is 7.43 Å². The summed E-state index contributed by atoms with van der Waals surface area (Å²) in [4.78, 5) is 8.24. The van der Waals surface area contributed by atoms with Gasteiger partial charge in [0.25, 0.3) is 0 Å². The predicted octanol–water partition coefficient (Wildman–Crippen LogP) is 1.08. The summed E-state index contributed by atoms with van der Waals surface area (Å²) in [5.41, 5.74) is 0. The standard InChI is InChI=1S/C3H3NO2.CH4/c1-2-4-6-5-3-1;/h1-3H;1H4. The van der Waals surface area contributed by atoms with Crippen molar-refractivity contribution < 1.29 is 9.88 Å². The Hall–Kier alpha value is -0.990. The van der Waals surface area contributed by atoms with Crippen molar-refractivity contribution in [2.45, 2.75) is 7.43 Å². The molecule has 0 N–H and O–H groups in total. The smallest absolute Gasteiger partial charge is 0.147 e. The molecule has 0 radical (unpaired) electrons. The van der Waals surface area contributed by atoms with Crippen LogP contribution >= 0.6 is 0 Å². The highest BCUT2D eigenvalue weighted by molar-refractivity contribution is 5.70. The molecule has 0 aromatic rings. The Balaban J connectivity index is 0.000000360. The van der Waals surface area contributed by atoms with Gasteiger partial charge in [-0.3, -0.25) is 4.89 Å². The van der Waals surface area contributed by atoms with Crippen molar-refractivity contribution in [3.8, 4) is 0 Å². The van der Waals surface area contributed by atoms with E-state index in [9.17, 15) is 0 Å². The highest BCUT2D eigenvalue weighted by Crippen LogP contribution is 1.84. The first kappa shape index (κ1) is 6.01. The molecule has 0 aliphatic carbocycles. The second-order valence-corrected chi connectivity index (χ2v) is 0.754. The molecule has 0 saturated carbocycles. The Bertz CT molecular complexity index is 75.7. The van der Waals surface area contributed by atoms with E-state index in [1.807, 2.05) is 0 Å². The number of hydrogen-bond donors (Lipinski definition) is 0. The lowest BCUT2D eigenvalue weighted by Crippen LogP contribution is -1.82. The summed E-state index contributed by atoms with van der Waals surface area (Å²) in [6.45, 7) is 0. The van der Waals surface area contributed by atoms with Crippen molar-refractivity contribution in [3.63, 3.8) is 0 Å². The van der Waals surface area contributed by atoms with Crippen LogP contribution in [-0.4, -0.2) is 6.21 Å². The molecule has 0 fully saturated rings. The second kappa shape index (κ2) is 3.21. The van der Waals surface area contributed by atoms with Crippen LogP contribution in [-0.2, 0) is 9.88 Å². The summed E-state index contributed by atoms with van der Waals surface area (Å²) in [5, 5.41) is 3.24. The van der Waals surface area contributed by atoms with Crippen LogP contribution in [0.25, 0.3) is 0 Å². The highest BCUT2D eigenvalue weighted by atomic mass is 17.3. The molecule has 0 aromatic carbocycles. The Kier molecular flexibility index (Phi) is 2.76. The van der Waals surface area contributed by atoms with E-state index < -0.39 is 0 Å². The number of oxime groups is 1. The van der Waals surface area contributed by atoms with Gasteiger partial charge in [0.2, 0.25) is 0 Å². The van der Waals surface area contributed by atoms with E-state index in [1.54, 1.807) is 6.08 Å². The number of allylic oxidation sites excluding steroid dienone is 1. The van der Waals surface area contributed by atoms with Crippen molar-refractivity contribution in [1.82, 2.24) is 0 Å². The van der Waals surface area contributed by atoms with Crippen LogP contribution in [0.1, 0.15) is 7.43 Å². The fourth-order valence-electron chi connectivity index (χ4n) is 0.177. The molecule has 1 aliphatic heterocycles. The first-order chi connectivity index (χ1) is 3.00. The van der Waals surface area contributed by atoms with E-state index in [0.29, 0.717) is 0 Å². The minimum atomic E-state index is 0. The molecule has 7 heavy (non-hydrogen) atoms. The summed E-state index contributed by atoms with van der Waals surface area (Å²) in [5.74, 6) is 0. The maximum absolute atomic E-state index is 4.19. The van der Waals surface area contributed by atoms with Crippen molar-refractivity contribution >= 4 is 6.21 Å². The second-order valence-electron chi connectivity index (χ2n) is 0.754. The van der Waals surface area contributed by atoms with E-state index in [2.05, 4.69) is 15.0 Å². The van der Waals surface area contributed by atoms with E-state index in [0.717, 1.165) is 0 Å². The Morgan fingerprint density at radius 2 is 2.29 bits per heavy atom. The summed E-state index contributed by atoms with van der Waals surface area (Å²) in [7, 11) is 0. The number of rotatable bonds is 0. The van der Waals surface area contributed by atoms with Crippen molar-refractivity contribution in [2.24, 2.45) is 5.16 Å². The van der Waals surface area contributed by atoms with Crippen LogP contribution in [0.5, 0.6) is 0 Å². The number of nitrogens with zero attached hydrogens (tertiary/aromatic N) is 1. The van der Waals surface area contributed by atoms with Crippen LogP contribution < -0.4 is 0 Å². The van der Waals surface area contributed by atoms with Gasteiger partial charge in [0.05, 0.1) is 6.21 Å². The summed E-state index contributed by atoms with van der Waals surface area (Å²) in [6, 6.07) is 0. The van der Waals surface area contributed by atoms with Gasteiger partial charge in [-0.15, -0.1) is 0 Å². The molecular weight excluding hydrogens is 94.0 g/mol. The monoisotopic (exact) mass is 101 g/mol. The molecule has 3 nitrogen and oxygen atoms in total. The molecule has 0 atom stereocenters. The topological polar surface area (TPSA) is 30.8 Å². The molecule has 40 valence electrons. The lowest BCUT2D eigenvalue weighted by molar-refractivity contribution is -0.251. The van der Waals surface area contributed by atoms with Crippen LogP contribution in [0.3, 0.4) is 0 Å². The van der Waals surface area contributed by atoms with E-state index >= 15 is 0 Å². The Morgan fingerprint density at radius 1 is 1.43 bits per heavy atom. The SMILES string of the molecule is C.C1=COON=C1. The lowest BCUT2D eigenvalue weighted by atomic mass is 10.7. The normalized spacial score (nSPS) is 13.7. The van der Waals surface area contributed by atoms with Gasteiger partial charge >= 0.3 is 0 Å². The lowest BCUT2D eigenvalue weighted by Gasteiger charge is -1.92. The van der Waals surface area contributed by atoms with Gasteiger partial charge in [0, 0.05) is 0 Å². The zero-order chi connectivity index (χ0) is 4.24. The third-order valence-electron chi connectivity index (χ3n) is 0.367. The van der Waals surface area contributed by atoms with Crippen LogP contribution in [0.2, 0.25) is 0 Å². The van der Waals surface area contributed by atoms with Gasteiger partial charge in [-0.05, 0) is 11.2 Å². The summed E-state index contributed by atoms with van der Waals surface area (Å²) in [6.07, 6.45) is 4.51. The first-order valence-corrected chi connectivity index (χ1v) is 1.51. The fraction of sp³-hybridized carbons (Fsp3) is 0.250. The van der Waals surface area contributed by atoms with Crippen LogP contribution in [0.4, 0.5) is 0 Å². The van der Waals surface area contributed by atoms with Gasteiger partial charge in [0.15, 0.2) is 0 Å². The molecule has 0 spiro atoms. The maximum atomic E-state index is 4.19. The van der Waals surface area contributed by atoms with E-state index in [-0.39, 0.29) is 7.43 Å². The molecule has 1 aliphatic rings. The third kappa shape index (κ3) is 1.81. The van der Waals surface area contributed by atoms with Crippen LogP contribution in [0.15, 0.2) is 17.5 Å². The fourth-order valence-corrected chi connectivity index (χ4v) is 0.177. The molecule has 0 unspecified atom stereocenters. The third-order valence-corrected chi connectivity index (χ3v) is 0.367. The minimum absolute atomic E-state index is 0. The average Bonchev–Trinajstić information content (AvgIpc) is 1.72. The predicted molar refractivity (Wildman–Crippen MR) is 26.5 cm³/mol. The van der Waals surface area contributed by atoms with Crippen molar-refractivity contribution in [3.05, 3.63) is 12.3 Å². The average molecular weight is 101 g/mol. The maximum Gasteiger partial charge on any atom is 0.147 e. The van der Waals surface area contributed by atoms with E-state index in [1.165, 1.54) is 12.5 Å². The molecular formula is C4H7NO2. The first-order valence-electron chi connectivity index (χ1n) is 1.51. The summed E-state index contributed by atoms with van der Waals surface area (Å²) < 4.78 is 0. The molecule has 0 aromatic heterocycles. The zero-order valence-electron chi connectivity index (χ0n) is 3.00. The minimum Gasteiger partial charge on any atom is -0.275 e.